The first kappa shape index (κ1) is 17.6. The summed E-state index contributed by atoms with van der Waals surface area (Å²) in [5, 5.41) is 1.99. The highest BCUT2D eigenvalue weighted by Crippen LogP contribution is 2.28. The van der Waals surface area contributed by atoms with Crippen molar-refractivity contribution in [2.75, 3.05) is 11.5 Å². The summed E-state index contributed by atoms with van der Waals surface area (Å²) in [6.07, 6.45) is 0. The quantitative estimate of drug-likeness (QED) is 0.489. The van der Waals surface area contributed by atoms with Crippen molar-refractivity contribution >= 4 is 70.4 Å². The highest BCUT2D eigenvalue weighted by atomic mass is 35.5. The fourth-order valence-electron chi connectivity index (χ4n) is 1.89. The molecule has 0 radical (unpaired) electrons. The van der Waals surface area contributed by atoms with E-state index in [1.165, 1.54) is 0 Å². The van der Waals surface area contributed by atoms with Gasteiger partial charge in [0.15, 0.2) is 0 Å². The van der Waals surface area contributed by atoms with Gasteiger partial charge in [-0.15, -0.1) is 37.2 Å². The Morgan fingerprint density at radius 2 is 1.47 bits per heavy atom. The number of nitrogen functional groups attached to an aromatic ring is 2. The topological polar surface area (TPSA) is 64.9 Å². The van der Waals surface area contributed by atoms with Gasteiger partial charge in [0.2, 0.25) is 0 Å². The molecule has 0 aliphatic carbocycles. The maximum absolute atomic E-state index is 5.94. The monoisotopic (exact) mass is 317 g/mol. The van der Waals surface area contributed by atoms with Crippen LogP contribution in [0, 0.1) is 0 Å². The Kier molecular flexibility index (Phi) is 6.16. The van der Waals surface area contributed by atoms with Crippen LogP contribution in [0.5, 0.6) is 0 Å². The summed E-state index contributed by atoms with van der Waals surface area (Å²) < 4.78 is 0. The van der Waals surface area contributed by atoms with Crippen LogP contribution < -0.4 is 11.5 Å². The molecule has 3 nitrogen and oxygen atoms in total. The van der Waals surface area contributed by atoms with E-state index >= 15 is 0 Å². The van der Waals surface area contributed by atoms with Crippen LogP contribution in [0.3, 0.4) is 0 Å². The molecule has 0 unspecified atom stereocenters. The lowest BCUT2D eigenvalue weighted by atomic mass is 10.1. The molecule has 1 heterocycles. The van der Waals surface area contributed by atoms with Gasteiger partial charge >= 0.3 is 0 Å². The number of rotatable bonds is 0. The number of fused-ring (bicyclic) bond motifs is 2. The maximum atomic E-state index is 5.94. The van der Waals surface area contributed by atoms with Gasteiger partial charge in [-0.3, -0.25) is 0 Å². The van der Waals surface area contributed by atoms with Crippen molar-refractivity contribution in [1.29, 1.82) is 0 Å². The third kappa shape index (κ3) is 2.95. The Morgan fingerprint density at radius 3 is 2.21 bits per heavy atom. The summed E-state index contributed by atoms with van der Waals surface area (Å²) in [4.78, 5) is 4.54. The first-order valence-electron chi connectivity index (χ1n) is 5.09. The largest absolute Gasteiger partial charge is 0.397 e. The Morgan fingerprint density at radius 1 is 0.789 bits per heavy atom. The third-order valence-corrected chi connectivity index (χ3v) is 2.78. The standard InChI is InChI=1S/C13H11N3.3ClH/c14-10-5-6-12-9(13(10)15)7-8-3-1-2-4-11(8)16-12;;;/h1-7H,14-15H2;3*1H. The van der Waals surface area contributed by atoms with E-state index in [2.05, 4.69) is 4.98 Å². The molecule has 3 aromatic rings. The number of hydrogen-bond donors (Lipinski definition) is 2. The van der Waals surface area contributed by atoms with E-state index in [-0.39, 0.29) is 37.2 Å². The molecular weight excluding hydrogens is 305 g/mol. The molecule has 102 valence electrons. The zero-order chi connectivity index (χ0) is 11.1. The predicted molar refractivity (Wildman–Crippen MR) is 89.8 cm³/mol. The SMILES string of the molecule is Cl.Cl.Cl.Nc1ccc2nc3ccccc3cc2c1N. The van der Waals surface area contributed by atoms with Crippen LogP contribution >= 0.6 is 37.2 Å². The van der Waals surface area contributed by atoms with Crippen molar-refractivity contribution in [2.45, 2.75) is 0 Å². The average molecular weight is 319 g/mol. The van der Waals surface area contributed by atoms with Crippen LogP contribution in [0.4, 0.5) is 11.4 Å². The summed E-state index contributed by atoms with van der Waals surface area (Å²) >= 11 is 0. The molecule has 0 saturated carbocycles. The predicted octanol–water partition coefficient (Wildman–Crippen LogP) is 3.82. The minimum absolute atomic E-state index is 0. The molecule has 0 saturated heterocycles. The van der Waals surface area contributed by atoms with Gasteiger partial charge in [0.05, 0.1) is 22.4 Å². The Labute approximate surface area is 129 Å². The molecule has 1 aromatic heterocycles. The van der Waals surface area contributed by atoms with Crippen LogP contribution in [-0.2, 0) is 0 Å². The van der Waals surface area contributed by atoms with Crippen LogP contribution in [0.15, 0.2) is 42.5 Å². The molecule has 0 amide bonds. The number of halogens is 3. The van der Waals surface area contributed by atoms with E-state index in [9.17, 15) is 0 Å². The number of para-hydroxylation sites is 1. The van der Waals surface area contributed by atoms with E-state index in [1.807, 2.05) is 36.4 Å². The minimum atomic E-state index is 0. The van der Waals surface area contributed by atoms with Gasteiger partial charge in [0.25, 0.3) is 0 Å². The van der Waals surface area contributed by atoms with E-state index in [0.29, 0.717) is 11.4 Å². The molecule has 4 N–H and O–H groups in total. The van der Waals surface area contributed by atoms with Gasteiger partial charge in [0, 0.05) is 10.8 Å². The zero-order valence-corrected chi connectivity index (χ0v) is 12.3. The number of aromatic nitrogens is 1. The van der Waals surface area contributed by atoms with Crippen molar-refractivity contribution < 1.29 is 0 Å². The lowest BCUT2D eigenvalue weighted by Crippen LogP contribution is -1.96. The maximum Gasteiger partial charge on any atom is 0.0731 e. The van der Waals surface area contributed by atoms with Crippen LogP contribution in [0.25, 0.3) is 21.8 Å². The van der Waals surface area contributed by atoms with Crippen molar-refractivity contribution in [2.24, 2.45) is 0 Å². The van der Waals surface area contributed by atoms with Gasteiger partial charge in [-0.05, 0) is 24.3 Å². The number of pyridine rings is 1. The second-order valence-electron chi connectivity index (χ2n) is 3.82. The van der Waals surface area contributed by atoms with E-state index in [1.54, 1.807) is 6.07 Å². The number of nitrogens with two attached hydrogens (primary N) is 2. The van der Waals surface area contributed by atoms with Gasteiger partial charge in [-0.2, -0.15) is 0 Å². The van der Waals surface area contributed by atoms with Crippen LogP contribution in [-0.4, -0.2) is 4.98 Å². The number of hydrogen-bond acceptors (Lipinski definition) is 3. The second kappa shape index (κ2) is 6.66. The molecule has 2 aromatic carbocycles. The van der Waals surface area contributed by atoms with Gasteiger partial charge < -0.3 is 11.5 Å². The summed E-state index contributed by atoms with van der Waals surface area (Å²) in [6, 6.07) is 13.7. The molecule has 0 aliphatic rings. The lowest BCUT2D eigenvalue weighted by Gasteiger charge is -2.06. The van der Waals surface area contributed by atoms with Crippen LogP contribution in [0.1, 0.15) is 0 Å². The fourth-order valence-corrected chi connectivity index (χ4v) is 1.89. The zero-order valence-electron chi connectivity index (χ0n) is 9.87. The number of benzene rings is 2. The first-order valence-corrected chi connectivity index (χ1v) is 5.09. The Bertz CT molecular complexity index is 701. The second-order valence-corrected chi connectivity index (χ2v) is 3.82. The van der Waals surface area contributed by atoms with E-state index in [4.69, 9.17) is 11.5 Å². The molecule has 0 spiro atoms. The van der Waals surface area contributed by atoms with Crippen LogP contribution in [0.2, 0.25) is 0 Å². The molecule has 0 aliphatic heterocycles. The minimum Gasteiger partial charge on any atom is -0.397 e. The summed E-state index contributed by atoms with van der Waals surface area (Å²) in [7, 11) is 0. The molecule has 6 heteroatoms. The number of nitrogens with zero attached hydrogens (tertiary/aromatic N) is 1. The molecule has 19 heavy (non-hydrogen) atoms. The molecule has 3 rings (SSSR count). The molecular formula is C13H14Cl3N3. The summed E-state index contributed by atoms with van der Waals surface area (Å²) in [5.41, 5.74) is 14.8. The van der Waals surface area contributed by atoms with E-state index in [0.717, 1.165) is 21.8 Å². The highest BCUT2D eigenvalue weighted by molar-refractivity contribution is 6.02. The normalized spacial score (nSPS) is 9.26. The smallest absolute Gasteiger partial charge is 0.0731 e. The third-order valence-electron chi connectivity index (χ3n) is 2.78. The van der Waals surface area contributed by atoms with Crippen molar-refractivity contribution in [3.8, 4) is 0 Å². The summed E-state index contributed by atoms with van der Waals surface area (Å²) in [6.45, 7) is 0. The molecule has 0 fully saturated rings. The Hall–Kier alpha value is -1.42. The van der Waals surface area contributed by atoms with Gasteiger partial charge in [0.1, 0.15) is 0 Å². The van der Waals surface area contributed by atoms with Gasteiger partial charge in [-0.25, -0.2) is 4.98 Å². The highest BCUT2D eigenvalue weighted by Gasteiger charge is 2.04. The first-order chi connectivity index (χ1) is 7.75. The lowest BCUT2D eigenvalue weighted by molar-refractivity contribution is 1.50. The molecule has 0 atom stereocenters. The molecule has 0 bridgehead atoms. The Balaban J connectivity index is 0.00000108. The van der Waals surface area contributed by atoms with Crippen molar-refractivity contribution in [1.82, 2.24) is 4.98 Å². The number of anilines is 2. The average Bonchev–Trinajstić information content (AvgIpc) is 2.32. The van der Waals surface area contributed by atoms with Gasteiger partial charge in [-0.1, -0.05) is 18.2 Å². The van der Waals surface area contributed by atoms with Crippen molar-refractivity contribution in [3.63, 3.8) is 0 Å². The van der Waals surface area contributed by atoms with E-state index < -0.39 is 0 Å². The van der Waals surface area contributed by atoms with Crippen molar-refractivity contribution in [3.05, 3.63) is 42.5 Å². The fraction of sp³-hybridized carbons (Fsp3) is 0. The summed E-state index contributed by atoms with van der Waals surface area (Å²) in [5.74, 6) is 0.